The van der Waals surface area contributed by atoms with Crippen LogP contribution in [0, 0.1) is 18.3 Å². The van der Waals surface area contributed by atoms with Gasteiger partial charge in [-0.05, 0) is 26.0 Å². The molecule has 0 saturated heterocycles. The highest BCUT2D eigenvalue weighted by atomic mass is 32.1. The Kier molecular flexibility index (Phi) is 4.10. The zero-order valence-corrected chi connectivity index (χ0v) is 13.8. The number of nitrogens with zero attached hydrogens (tertiary/aromatic N) is 4. The van der Waals surface area contributed by atoms with Crippen LogP contribution in [-0.2, 0) is 6.54 Å². The van der Waals surface area contributed by atoms with Crippen LogP contribution in [0.2, 0.25) is 0 Å². The molecule has 3 rings (SSSR count). The third-order valence-electron chi connectivity index (χ3n) is 3.48. The smallest absolute Gasteiger partial charge is 0.262 e. The summed E-state index contributed by atoms with van der Waals surface area (Å²) < 4.78 is 1.77. The van der Waals surface area contributed by atoms with Crippen LogP contribution in [0.15, 0.2) is 29.3 Å². The minimum Gasteiger partial charge on any atom is -0.332 e. The Balaban J connectivity index is 2.07. The fraction of sp³-hybridized carbons (Fsp3) is 0.188. The maximum Gasteiger partial charge on any atom is 0.262 e. The number of anilines is 1. The molecule has 3 heterocycles. The summed E-state index contributed by atoms with van der Waals surface area (Å²) in [5.74, 6) is -0.552. The van der Waals surface area contributed by atoms with Gasteiger partial charge in [0.05, 0.1) is 11.6 Å². The molecule has 8 heteroatoms. The second-order valence-corrected chi connectivity index (χ2v) is 6.11. The van der Waals surface area contributed by atoms with E-state index < -0.39 is 5.91 Å². The van der Waals surface area contributed by atoms with Gasteiger partial charge in [-0.1, -0.05) is 11.3 Å². The summed E-state index contributed by atoms with van der Waals surface area (Å²) in [5.41, 5.74) is 0.994. The van der Waals surface area contributed by atoms with Gasteiger partial charge in [0.25, 0.3) is 5.91 Å². The van der Waals surface area contributed by atoms with Crippen molar-refractivity contribution in [3.63, 3.8) is 0 Å². The summed E-state index contributed by atoms with van der Waals surface area (Å²) >= 11 is 1.05. The molecular formula is C16H13N5O2S. The molecule has 0 saturated carbocycles. The van der Waals surface area contributed by atoms with Gasteiger partial charge in [0.1, 0.15) is 22.2 Å². The van der Waals surface area contributed by atoms with E-state index in [1.54, 1.807) is 16.7 Å². The average molecular weight is 339 g/mol. The van der Waals surface area contributed by atoms with E-state index in [9.17, 15) is 9.59 Å². The van der Waals surface area contributed by atoms with E-state index in [0.717, 1.165) is 17.0 Å². The van der Waals surface area contributed by atoms with Crippen molar-refractivity contribution in [3.05, 3.63) is 50.9 Å². The molecule has 0 fully saturated rings. The number of nitriles is 1. The number of amides is 1. The Morgan fingerprint density at radius 3 is 2.92 bits per heavy atom. The monoisotopic (exact) mass is 339 g/mol. The standard InChI is InChI=1S/C16H13N5O2S/c1-3-21-8-12(13(22)11-5-4-9(2)19-14(11)21)15(23)20-16-18-7-10(6-17)24-16/h4-5,7-8H,3H2,1-2H3,(H,18,20,23). The molecule has 0 aliphatic carbocycles. The molecule has 120 valence electrons. The lowest BCUT2D eigenvalue weighted by atomic mass is 10.1. The first kappa shape index (κ1) is 15.8. The Labute approximate surface area is 141 Å². The van der Waals surface area contributed by atoms with Crippen molar-refractivity contribution >= 4 is 33.4 Å². The maximum atomic E-state index is 12.6. The van der Waals surface area contributed by atoms with Crippen molar-refractivity contribution in [3.8, 4) is 6.07 Å². The average Bonchev–Trinajstić information content (AvgIpc) is 3.02. The van der Waals surface area contributed by atoms with Crippen LogP contribution in [0.5, 0.6) is 0 Å². The summed E-state index contributed by atoms with van der Waals surface area (Å²) in [6.45, 7) is 4.33. The van der Waals surface area contributed by atoms with Crippen molar-refractivity contribution in [2.45, 2.75) is 20.4 Å². The number of pyridine rings is 2. The molecule has 0 radical (unpaired) electrons. The summed E-state index contributed by atoms with van der Waals surface area (Å²) in [5, 5.41) is 12.0. The highest BCUT2D eigenvalue weighted by Crippen LogP contribution is 2.18. The predicted molar refractivity (Wildman–Crippen MR) is 91.2 cm³/mol. The highest BCUT2D eigenvalue weighted by Gasteiger charge is 2.17. The number of hydrogen-bond donors (Lipinski definition) is 1. The van der Waals surface area contributed by atoms with Crippen LogP contribution in [0.1, 0.15) is 27.9 Å². The number of aryl methyl sites for hydroxylation is 2. The zero-order chi connectivity index (χ0) is 17.3. The third kappa shape index (κ3) is 2.77. The Bertz CT molecular complexity index is 1040. The van der Waals surface area contributed by atoms with E-state index in [2.05, 4.69) is 15.3 Å². The molecule has 0 aromatic carbocycles. The van der Waals surface area contributed by atoms with Gasteiger partial charge < -0.3 is 4.57 Å². The molecule has 0 bridgehead atoms. The summed E-state index contributed by atoms with van der Waals surface area (Å²) in [4.78, 5) is 33.8. The molecule has 0 atom stereocenters. The number of rotatable bonds is 3. The maximum absolute atomic E-state index is 12.6. The van der Waals surface area contributed by atoms with Crippen LogP contribution in [0.4, 0.5) is 5.13 Å². The quantitative estimate of drug-likeness (QED) is 0.789. The van der Waals surface area contributed by atoms with Crippen LogP contribution in [-0.4, -0.2) is 20.4 Å². The molecule has 0 unspecified atom stereocenters. The van der Waals surface area contributed by atoms with Gasteiger partial charge in [-0.3, -0.25) is 14.9 Å². The highest BCUT2D eigenvalue weighted by molar-refractivity contribution is 7.16. The van der Waals surface area contributed by atoms with Crippen LogP contribution in [0.3, 0.4) is 0 Å². The number of carbonyl (C=O) groups is 1. The van der Waals surface area contributed by atoms with Crippen molar-refractivity contribution < 1.29 is 4.79 Å². The Hall–Kier alpha value is -3.05. The number of nitrogens with one attached hydrogen (secondary N) is 1. The van der Waals surface area contributed by atoms with Gasteiger partial charge >= 0.3 is 0 Å². The number of fused-ring (bicyclic) bond motifs is 1. The van der Waals surface area contributed by atoms with Gasteiger partial charge in [0.15, 0.2) is 5.13 Å². The zero-order valence-electron chi connectivity index (χ0n) is 13.0. The minimum atomic E-state index is -0.552. The van der Waals surface area contributed by atoms with Gasteiger partial charge in [0, 0.05) is 18.4 Å². The Morgan fingerprint density at radius 1 is 1.46 bits per heavy atom. The fourth-order valence-electron chi connectivity index (χ4n) is 2.31. The summed E-state index contributed by atoms with van der Waals surface area (Å²) in [7, 11) is 0. The topological polar surface area (TPSA) is 101 Å². The number of aromatic nitrogens is 3. The fourth-order valence-corrected chi connectivity index (χ4v) is 2.92. The predicted octanol–water partition coefficient (Wildman–Crippen LogP) is 2.31. The van der Waals surface area contributed by atoms with Gasteiger partial charge in [0.2, 0.25) is 5.43 Å². The molecule has 1 amide bonds. The lowest BCUT2D eigenvalue weighted by molar-refractivity contribution is 0.102. The second kappa shape index (κ2) is 6.22. The van der Waals surface area contributed by atoms with E-state index in [4.69, 9.17) is 5.26 Å². The van der Waals surface area contributed by atoms with Gasteiger partial charge in [-0.2, -0.15) is 5.26 Å². The molecule has 3 aromatic rings. The van der Waals surface area contributed by atoms with Crippen molar-refractivity contribution in [1.82, 2.24) is 14.5 Å². The molecule has 0 aliphatic heterocycles. The van der Waals surface area contributed by atoms with Crippen LogP contribution >= 0.6 is 11.3 Å². The molecule has 3 aromatic heterocycles. The molecule has 1 N–H and O–H groups in total. The summed E-state index contributed by atoms with van der Waals surface area (Å²) in [6, 6.07) is 5.37. The lowest BCUT2D eigenvalue weighted by Crippen LogP contribution is -2.24. The van der Waals surface area contributed by atoms with Crippen molar-refractivity contribution in [2.75, 3.05) is 5.32 Å². The minimum absolute atomic E-state index is 0.0173. The molecular weight excluding hydrogens is 326 g/mol. The normalized spacial score (nSPS) is 10.5. The van der Waals surface area contributed by atoms with Crippen molar-refractivity contribution in [1.29, 1.82) is 5.26 Å². The van der Waals surface area contributed by atoms with E-state index in [-0.39, 0.29) is 16.1 Å². The van der Waals surface area contributed by atoms with E-state index >= 15 is 0 Å². The first-order valence-electron chi connectivity index (χ1n) is 7.21. The molecule has 24 heavy (non-hydrogen) atoms. The van der Waals surface area contributed by atoms with Crippen LogP contribution in [0.25, 0.3) is 11.0 Å². The first-order valence-corrected chi connectivity index (χ1v) is 8.03. The lowest BCUT2D eigenvalue weighted by Gasteiger charge is -2.10. The van der Waals surface area contributed by atoms with Crippen LogP contribution < -0.4 is 10.7 Å². The van der Waals surface area contributed by atoms with Gasteiger partial charge in [-0.25, -0.2) is 9.97 Å². The first-order chi connectivity index (χ1) is 11.5. The largest absolute Gasteiger partial charge is 0.332 e. The SMILES string of the molecule is CCn1cc(C(=O)Nc2ncc(C#N)s2)c(=O)c2ccc(C)nc21. The number of carbonyl (C=O) groups excluding carboxylic acids is 1. The number of hydrogen-bond acceptors (Lipinski definition) is 6. The Morgan fingerprint density at radius 2 is 2.25 bits per heavy atom. The molecule has 0 spiro atoms. The van der Waals surface area contributed by atoms with E-state index in [1.807, 2.05) is 19.9 Å². The number of thiazole rings is 1. The third-order valence-corrected chi connectivity index (χ3v) is 4.30. The van der Waals surface area contributed by atoms with E-state index in [1.165, 1.54) is 12.4 Å². The molecule has 7 nitrogen and oxygen atoms in total. The van der Waals surface area contributed by atoms with Crippen molar-refractivity contribution in [2.24, 2.45) is 0 Å². The summed E-state index contributed by atoms with van der Waals surface area (Å²) in [6.07, 6.45) is 2.88. The molecule has 0 aliphatic rings. The van der Waals surface area contributed by atoms with E-state index in [0.29, 0.717) is 22.5 Å². The van der Waals surface area contributed by atoms with Gasteiger partial charge in [-0.15, -0.1) is 0 Å². The second-order valence-electron chi connectivity index (χ2n) is 5.08.